The lowest BCUT2D eigenvalue weighted by atomic mass is 10.0. The predicted octanol–water partition coefficient (Wildman–Crippen LogP) is 3.61. The van der Waals surface area contributed by atoms with Crippen LogP contribution in [-0.2, 0) is 17.6 Å². The first kappa shape index (κ1) is 21.1. The first-order valence-corrected chi connectivity index (χ1v) is 10.2. The summed E-state index contributed by atoms with van der Waals surface area (Å²) in [4.78, 5) is 36.3. The van der Waals surface area contributed by atoms with E-state index in [2.05, 4.69) is 20.3 Å². The zero-order valence-electron chi connectivity index (χ0n) is 17.2. The van der Waals surface area contributed by atoms with Crippen LogP contribution in [0.25, 0.3) is 11.4 Å². The van der Waals surface area contributed by atoms with Crippen LogP contribution >= 0.6 is 0 Å². The summed E-state index contributed by atoms with van der Waals surface area (Å²) in [6.07, 6.45) is 3.72. The molecule has 0 spiro atoms. The molecule has 4 aromatic rings. The summed E-state index contributed by atoms with van der Waals surface area (Å²) in [5.41, 5.74) is 2.55. The fraction of sp³-hybridized carbons (Fsp3) is 0.120. The van der Waals surface area contributed by atoms with Gasteiger partial charge in [0.1, 0.15) is 11.6 Å². The first-order chi connectivity index (χ1) is 15.6. The molecular weight excluding hydrogens is 407 g/mol. The van der Waals surface area contributed by atoms with Gasteiger partial charge in [0, 0.05) is 30.4 Å². The number of H-pyrrole nitrogens is 1. The highest BCUT2D eigenvalue weighted by Gasteiger charge is 2.18. The minimum atomic E-state index is -0.480. The molecule has 0 bridgehead atoms. The zero-order chi connectivity index (χ0) is 22.3. The molecule has 2 N–H and O–H groups in total. The summed E-state index contributed by atoms with van der Waals surface area (Å²) in [7, 11) is 0. The molecule has 6 nitrogen and oxygen atoms in total. The predicted molar refractivity (Wildman–Crippen MR) is 119 cm³/mol. The van der Waals surface area contributed by atoms with Gasteiger partial charge in [-0.05, 0) is 35.4 Å². The van der Waals surface area contributed by atoms with Gasteiger partial charge in [-0.15, -0.1) is 0 Å². The highest BCUT2D eigenvalue weighted by molar-refractivity contribution is 5.79. The molecule has 0 fully saturated rings. The van der Waals surface area contributed by atoms with Crippen molar-refractivity contribution in [2.75, 3.05) is 0 Å². The molecule has 0 saturated heterocycles. The molecular formula is C25H21FN4O2. The Hall–Kier alpha value is -4.13. The van der Waals surface area contributed by atoms with E-state index in [0.29, 0.717) is 11.5 Å². The van der Waals surface area contributed by atoms with Gasteiger partial charge in [0.2, 0.25) is 5.91 Å². The maximum Gasteiger partial charge on any atom is 0.251 e. The number of amides is 1. The fourth-order valence-corrected chi connectivity index (χ4v) is 3.44. The molecule has 0 radical (unpaired) electrons. The molecule has 2 aromatic heterocycles. The van der Waals surface area contributed by atoms with Crippen LogP contribution < -0.4 is 10.9 Å². The first-order valence-electron chi connectivity index (χ1n) is 10.2. The monoisotopic (exact) mass is 428 g/mol. The maximum absolute atomic E-state index is 13.5. The van der Waals surface area contributed by atoms with Crippen molar-refractivity contribution in [2.24, 2.45) is 0 Å². The third-order valence-electron chi connectivity index (χ3n) is 4.98. The minimum absolute atomic E-state index is 0.176. The van der Waals surface area contributed by atoms with E-state index in [0.717, 1.165) is 16.7 Å². The lowest BCUT2D eigenvalue weighted by Crippen LogP contribution is -2.31. The molecule has 1 amide bonds. The number of aromatic amines is 1. The smallest absolute Gasteiger partial charge is 0.251 e. The number of aromatic nitrogens is 3. The highest BCUT2D eigenvalue weighted by atomic mass is 19.1. The Bertz CT molecular complexity index is 1240. The molecule has 1 unspecified atom stereocenters. The van der Waals surface area contributed by atoms with Crippen molar-refractivity contribution in [3.63, 3.8) is 0 Å². The Morgan fingerprint density at radius 3 is 2.44 bits per heavy atom. The topological polar surface area (TPSA) is 87.7 Å². The second-order valence-electron chi connectivity index (χ2n) is 7.36. The highest BCUT2D eigenvalue weighted by Crippen LogP contribution is 2.20. The maximum atomic E-state index is 13.5. The van der Waals surface area contributed by atoms with Crippen LogP contribution in [0.3, 0.4) is 0 Å². The van der Waals surface area contributed by atoms with Gasteiger partial charge < -0.3 is 10.3 Å². The molecule has 0 aliphatic carbocycles. The number of halogens is 1. The van der Waals surface area contributed by atoms with Crippen molar-refractivity contribution in [3.8, 4) is 11.4 Å². The molecule has 0 aliphatic heterocycles. The average Bonchev–Trinajstić information content (AvgIpc) is 2.80. The molecule has 1 atom stereocenters. The summed E-state index contributed by atoms with van der Waals surface area (Å²) >= 11 is 0. The molecule has 4 rings (SSSR count). The van der Waals surface area contributed by atoms with E-state index in [1.807, 2.05) is 30.3 Å². The second-order valence-corrected chi connectivity index (χ2v) is 7.36. The number of pyridine rings is 1. The summed E-state index contributed by atoms with van der Waals surface area (Å²) in [6, 6.07) is 19.8. The van der Waals surface area contributed by atoms with Crippen molar-refractivity contribution in [2.45, 2.75) is 18.9 Å². The Morgan fingerprint density at radius 2 is 1.72 bits per heavy atom. The second kappa shape index (κ2) is 9.78. The van der Waals surface area contributed by atoms with Crippen molar-refractivity contribution < 1.29 is 9.18 Å². The van der Waals surface area contributed by atoms with Crippen LogP contribution in [0.2, 0.25) is 0 Å². The van der Waals surface area contributed by atoms with Gasteiger partial charge in [0.05, 0.1) is 18.2 Å². The Balaban J connectivity index is 1.60. The Labute approximate surface area is 184 Å². The quantitative estimate of drug-likeness (QED) is 0.471. The SMILES string of the molecule is O=C(Cc1ccccc1)NC(Cc1cc(=O)[nH]c(-c2ccncc2)n1)c1ccc(F)cc1. The lowest BCUT2D eigenvalue weighted by Gasteiger charge is -2.19. The Kier molecular flexibility index (Phi) is 6.46. The van der Waals surface area contributed by atoms with Crippen LogP contribution in [0.5, 0.6) is 0 Å². The van der Waals surface area contributed by atoms with Crippen LogP contribution in [-0.4, -0.2) is 20.9 Å². The van der Waals surface area contributed by atoms with Crippen LogP contribution in [0.15, 0.2) is 90.0 Å². The van der Waals surface area contributed by atoms with Gasteiger partial charge >= 0.3 is 0 Å². The van der Waals surface area contributed by atoms with Crippen molar-refractivity contribution in [1.82, 2.24) is 20.3 Å². The van der Waals surface area contributed by atoms with Crippen LogP contribution in [0, 0.1) is 5.82 Å². The summed E-state index contributed by atoms with van der Waals surface area (Å²) in [6.45, 7) is 0. The molecule has 2 heterocycles. The van der Waals surface area contributed by atoms with E-state index in [-0.39, 0.29) is 30.1 Å². The zero-order valence-corrected chi connectivity index (χ0v) is 17.2. The number of hydrogen-bond acceptors (Lipinski definition) is 4. The van der Waals surface area contributed by atoms with Gasteiger partial charge in [-0.3, -0.25) is 14.6 Å². The summed E-state index contributed by atoms with van der Waals surface area (Å²) in [5, 5.41) is 3.00. The van der Waals surface area contributed by atoms with Crippen molar-refractivity contribution in [1.29, 1.82) is 0 Å². The van der Waals surface area contributed by atoms with E-state index < -0.39 is 6.04 Å². The van der Waals surface area contributed by atoms with E-state index in [1.54, 1.807) is 36.7 Å². The molecule has 7 heteroatoms. The van der Waals surface area contributed by atoms with Gasteiger partial charge in [0.25, 0.3) is 5.56 Å². The van der Waals surface area contributed by atoms with Crippen molar-refractivity contribution in [3.05, 3.63) is 118 Å². The number of nitrogens with zero attached hydrogens (tertiary/aromatic N) is 2. The summed E-state index contributed by atoms with van der Waals surface area (Å²) in [5.74, 6) is -0.120. The number of nitrogens with one attached hydrogen (secondary N) is 2. The third kappa shape index (κ3) is 5.51. The van der Waals surface area contributed by atoms with Crippen LogP contribution in [0.4, 0.5) is 4.39 Å². The third-order valence-corrected chi connectivity index (χ3v) is 4.98. The summed E-state index contributed by atoms with van der Waals surface area (Å²) < 4.78 is 13.5. The normalized spacial score (nSPS) is 11.7. The van der Waals surface area contributed by atoms with E-state index in [9.17, 15) is 14.0 Å². The van der Waals surface area contributed by atoms with E-state index in [4.69, 9.17) is 0 Å². The van der Waals surface area contributed by atoms with Gasteiger partial charge in [-0.25, -0.2) is 9.37 Å². The number of benzene rings is 2. The largest absolute Gasteiger partial charge is 0.349 e. The van der Waals surface area contributed by atoms with Gasteiger partial charge in [0.15, 0.2) is 0 Å². The van der Waals surface area contributed by atoms with Gasteiger partial charge in [-0.2, -0.15) is 0 Å². The van der Waals surface area contributed by atoms with Gasteiger partial charge in [-0.1, -0.05) is 42.5 Å². The fourth-order valence-electron chi connectivity index (χ4n) is 3.44. The molecule has 0 saturated carbocycles. The molecule has 0 aliphatic rings. The Morgan fingerprint density at radius 1 is 1.00 bits per heavy atom. The molecule has 32 heavy (non-hydrogen) atoms. The number of hydrogen-bond donors (Lipinski definition) is 2. The standard InChI is InChI=1S/C25H21FN4O2/c26-20-8-6-18(7-9-20)22(29-23(31)14-17-4-2-1-3-5-17)15-21-16-24(32)30-25(28-21)19-10-12-27-13-11-19/h1-13,16,22H,14-15H2,(H,29,31)(H,28,30,32). The van der Waals surface area contributed by atoms with Crippen molar-refractivity contribution >= 4 is 5.91 Å². The molecule has 2 aromatic carbocycles. The van der Waals surface area contributed by atoms with Crippen LogP contribution in [0.1, 0.15) is 22.9 Å². The minimum Gasteiger partial charge on any atom is -0.349 e. The number of carbonyl (C=O) groups is 1. The molecule has 160 valence electrons. The van der Waals surface area contributed by atoms with E-state index in [1.165, 1.54) is 18.2 Å². The number of rotatable bonds is 7. The number of carbonyl (C=O) groups excluding carboxylic acids is 1. The van der Waals surface area contributed by atoms with E-state index >= 15 is 0 Å². The lowest BCUT2D eigenvalue weighted by molar-refractivity contribution is -0.121. The average molecular weight is 428 g/mol.